The van der Waals surface area contributed by atoms with Crippen molar-refractivity contribution < 1.29 is 19.4 Å². The number of hydrogen-bond acceptors (Lipinski definition) is 5. The van der Waals surface area contributed by atoms with E-state index in [9.17, 15) is 14.4 Å². The van der Waals surface area contributed by atoms with Crippen molar-refractivity contribution in [2.45, 2.75) is 38.8 Å². The number of nitrogens with one attached hydrogen (secondary N) is 2. The lowest BCUT2D eigenvalue weighted by Gasteiger charge is -2.21. The van der Waals surface area contributed by atoms with Crippen LogP contribution in [0.25, 0.3) is 0 Å². The van der Waals surface area contributed by atoms with Crippen LogP contribution in [0.5, 0.6) is 0 Å². The highest BCUT2D eigenvalue weighted by Gasteiger charge is 2.25. The number of aromatic amines is 1. The van der Waals surface area contributed by atoms with Crippen molar-refractivity contribution in [1.29, 1.82) is 0 Å². The zero-order chi connectivity index (χ0) is 15.3. The maximum atomic E-state index is 11.6. The number of aromatic nitrogens is 2. The molecule has 0 aliphatic heterocycles. The number of nitrogens with zero attached hydrogens (tertiary/aromatic N) is 1. The molecule has 0 radical (unpaired) electrons. The maximum absolute atomic E-state index is 11.6. The fourth-order valence-electron chi connectivity index (χ4n) is 1.39. The van der Waals surface area contributed by atoms with E-state index in [4.69, 9.17) is 9.84 Å². The minimum atomic E-state index is -1.27. The van der Waals surface area contributed by atoms with E-state index in [1.807, 2.05) is 0 Å². The number of hydrogen-bond donors (Lipinski definition) is 3. The second-order valence-electron chi connectivity index (χ2n) is 5.15. The van der Waals surface area contributed by atoms with E-state index in [-0.39, 0.29) is 12.0 Å². The van der Waals surface area contributed by atoms with Crippen molar-refractivity contribution in [2.75, 3.05) is 0 Å². The number of carboxylic acid groups (broad SMARTS) is 1. The molecule has 1 rings (SSSR count). The van der Waals surface area contributed by atoms with Gasteiger partial charge in [-0.3, -0.25) is 4.79 Å². The SMILES string of the molecule is CC(C)(C)OC(=O)NC(Cc1cnc[nH]c1=O)C(=O)O. The van der Waals surface area contributed by atoms with E-state index < -0.39 is 29.3 Å². The lowest BCUT2D eigenvalue weighted by Crippen LogP contribution is -2.45. The van der Waals surface area contributed by atoms with Crippen LogP contribution in [-0.4, -0.2) is 38.8 Å². The lowest BCUT2D eigenvalue weighted by atomic mass is 10.1. The van der Waals surface area contributed by atoms with Gasteiger partial charge in [0.25, 0.3) is 5.56 Å². The molecule has 20 heavy (non-hydrogen) atoms. The number of rotatable bonds is 4. The average molecular weight is 283 g/mol. The first-order valence-electron chi connectivity index (χ1n) is 5.93. The van der Waals surface area contributed by atoms with Gasteiger partial charge in [-0.15, -0.1) is 0 Å². The summed E-state index contributed by atoms with van der Waals surface area (Å²) in [6.45, 7) is 4.98. The number of H-pyrrole nitrogens is 1. The Balaban J connectivity index is 2.76. The van der Waals surface area contributed by atoms with Gasteiger partial charge in [-0.05, 0) is 20.8 Å². The molecular formula is C12H17N3O5. The molecule has 0 saturated heterocycles. The maximum Gasteiger partial charge on any atom is 0.408 e. The van der Waals surface area contributed by atoms with Gasteiger partial charge in [0.05, 0.1) is 6.33 Å². The quantitative estimate of drug-likeness (QED) is 0.730. The average Bonchev–Trinajstić information content (AvgIpc) is 2.28. The fourth-order valence-corrected chi connectivity index (χ4v) is 1.39. The zero-order valence-corrected chi connectivity index (χ0v) is 11.5. The lowest BCUT2D eigenvalue weighted by molar-refractivity contribution is -0.139. The number of carboxylic acids is 1. The van der Waals surface area contributed by atoms with Gasteiger partial charge in [0, 0.05) is 18.2 Å². The van der Waals surface area contributed by atoms with E-state index in [1.165, 1.54) is 12.5 Å². The molecule has 0 saturated carbocycles. The molecule has 1 heterocycles. The third kappa shape index (κ3) is 5.09. The van der Waals surface area contributed by atoms with E-state index in [2.05, 4.69) is 15.3 Å². The summed E-state index contributed by atoms with van der Waals surface area (Å²) >= 11 is 0. The van der Waals surface area contributed by atoms with Crippen LogP contribution in [0.1, 0.15) is 26.3 Å². The van der Waals surface area contributed by atoms with Gasteiger partial charge in [0.15, 0.2) is 0 Å². The molecule has 0 bridgehead atoms. The third-order valence-corrected chi connectivity index (χ3v) is 2.21. The molecule has 1 atom stereocenters. The second kappa shape index (κ2) is 6.18. The van der Waals surface area contributed by atoms with Crippen molar-refractivity contribution in [3.63, 3.8) is 0 Å². The summed E-state index contributed by atoms with van der Waals surface area (Å²) in [6, 6.07) is -1.27. The van der Waals surface area contributed by atoms with Gasteiger partial charge in [-0.25, -0.2) is 14.6 Å². The summed E-state index contributed by atoms with van der Waals surface area (Å²) in [5.74, 6) is -1.26. The molecule has 0 fully saturated rings. The molecule has 8 heteroatoms. The number of carbonyl (C=O) groups excluding carboxylic acids is 1. The van der Waals surface area contributed by atoms with E-state index in [1.54, 1.807) is 20.8 Å². The van der Waals surface area contributed by atoms with Gasteiger partial charge >= 0.3 is 12.1 Å². The molecule has 1 aromatic rings. The number of ether oxygens (including phenoxy) is 1. The van der Waals surface area contributed by atoms with Crippen LogP contribution in [0.2, 0.25) is 0 Å². The molecule has 3 N–H and O–H groups in total. The fraction of sp³-hybridized carbons (Fsp3) is 0.500. The minimum absolute atomic E-state index is 0.163. The normalized spacial score (nSPS) is 12.6. The Bertz CT molecular complexity index is 547. The Morgan fingerprint density at radius 3 is 2.65 bits per heavy atom. The molecule has 8 nitrogen and oxygen atoms in total. The number of carbonyl (C=O) groups is 2. The summed E-state index contributed by atoms with van der Waals surface area (Å²) in [4.78, 5) is 40.2. The highest BCUT2D eigenvalue weighted by Crippen LogP contribution is 2.07. The first-order valence-corrected chi connectivity index (χ1v) is 5.93. The first kappa shape index (κ1) is 15.7. The molecule has 1 aromatic heterocycles. The summed E-state index contributed by atoms with van der Waals surface area (Å²) in [5.41, 5.74) is -1.02. The highest BCUT2D eigenvalue weighted by molar-refractivity contribution is 5.80. The molecule has 0 aliphatic carbocycles. The third-order valence-electron chi connectivity index (χ3n) is 2.21. The number of aliphatic carboxylic acids is 1. The first-order chi connectivity index (χ1) is 9.19. The predicted molar refractivity (Wildman–Crippen MR) is 69.4 cm³/mol. The van der Waals surface area contributed by atoms with Gasteiger partial charge in [-0.1, -0.05) is 0 Å². The van der Waals surface area contributed by atoms with E-state index in [0.717, 1.165) is 0 Å². The molecule has 1 amide bonds. The summed E-state index contributed by atoms with van der Waals surface area (Å²) in [6.07, 6.45) is 1.41. The van der Waals surface area contributed by atoms with Gasteiger partial charge in [0.1, 0.15) is 11.6 Å². The monoisotopic (exact) mass is 283 g/mol. The van der Waals surface area contributed by atoms with Crippen molar-refractivity contribution >= 4 is 12.1 Å². The van der Waals surface area contributed by atoms with Crippen LogP contribution < -0.4 is 10.9 Å². The summed E-state index contributed by atoms with van der Waals surface area (Å²) in [7, 11) is 0. The van der Waals surface area contributed by atoms with Crippen molar-refractivity contribution in [1.82, 2.24) is 15.3 Å². The Kier molecular flexibility index (Phi) is 4.84. The molecule has 110 valence electrons. The van der Waals surface area contributed by atoms with E-state index in [0.29, 0.717) is 0 Å². The van der Waals surface area contributed by atoms with Crippen LogP contribution in [0, 0.1) is 0 Å². The Labute approximate surface area is 115 Å². The van der Waals surface area contributed by atoms with Crippen molar-refractivity contribution in [2.24, 2.45) is 0 Å². The summed E-state index contributed by atoms with van der Waals surface area (Å²) < 4.78 is 4.97. The standard InChI is InChI=1S/C12H17N3O5/c1-12(2,3)20-11(19)15-8(10(17)18)4-7-5-13-6-14-9(7)16/h5-6,8H,4H2,1-3H3,(H,15,19)(H,17,18)(H,13,14,16). The predicted octanol–water partition coefficient (Wildman–Crippen LogP) is 0.290. The molecule has 0 spiro atoms. The van der Waals surface area contributed by atoms with Crippen molar-refractivity contribution in [3.8, 4) is 0 Å². The van der Waals surface area contributed by atoms with Gasteiger partial charge in [0.2, 0.25) is 0 Å². The van der Waals surface area contributed by atoms with Crippen LogP contribution in [0.15, 0.2) is 17.3 Å². The van der Waals surface area contributed by atoms with Crippen LogP contribution >= 0.6 is 0 Å². The van der Waals surface area contributed by atoms with Gasteiger partial charge < -0.3 is 20.1 Å². The van der Waals surface area contributed by atoms with Crippen LogP contribution in [0.4, 0.5) is 4.79 Å². The summed E-state index contributed by atoms with van der Waals surface area (Å²) in [5, 5.41) is 11.3. The van der Waals surface area contributed by atoms with Gasteiger partial charge in [-0.2, -0.15) is 0 Å². The minimum Gasteiger partial charge on any atom is -0.480 e. The Morgan fingerprint density at radius 1 is 1.50 bits per heavy atom. The molecular weight excluding hydrogens is 266 g/mol. The van der Waals surface area contributed by atoms with E-state index >= 15 is 0 Å². The van der Waals surface area contributed by atoms with Crippen molar-refractivity contribution in [3.05, 3.63) is 28.4 Å². The van der Waals surface area contributed by atoms with Crippen LogP contribution in [-0.2, 0) is 16.0 Å². The number of amides is 1. The smallest absolute Gasteiger partial charge is 0.408 e. The zero-order valence-electron chi connectivity index (χ0n) is 11.5. The molecule has 0 aliphatic rings. The second-order valence-corrected chi connectivity index (χ2v) is 5.15. The molecule has 0 aromatic carbocycles. The largest absolute Gasteiger partial charge is 0.480 e. The number of alkyl carbamates (subject to hydrolysis) is 1. The highest BCUT2D eigenvalue weighted by atomic mass is 16.6. The molecule has 1 unspecified atom stereocenters. The van der Waals surface area contributed by atoms with Crippen LogP contribution in [0.3, 0.4) is 0 Å². The Hall–Kier alpha value is -2.38. The Morgan fingerprint density at radius 2 is 2.15 bits per heavy atom. The topological polar surface area (TPSA) is 121 Å².